The van der Waals surface area contributed by atoms with Crippen molar-refractivity contribution in [2.75, 3.05) is 19.6 Å². The summed E-state index contributed by atoms with van der Waals surface area (Å²) < 4.78 is 45.6. The van der Waals surface area contributed by atoms with Gasteiger partial charge in [0.05, 0.1) is 12.1 Å². The molecule has 0 amide bonds. The molecule has 47 heavy (non-hydrogen) atoms. The van der Waals surface area contributed by atoms with Crippen molar-refractivity contribution in [3.05, 3.63) is 127 Å². The highest BCUT2D eigenvalue weighted by molar-refractivity contribution is 5.92. The third kappa shape index (κ3) is 6.66. The van der Waals surface area contributed by atoms with Crippen molar-refractivity contribution in [3.63, 3.8) is 0 Å². The van der Waals surface area contributed by atoms with E-state index < -0.39 is 17.2 Å². The Morgan fingerprint density at radius 3 is 2.34 bits per heavy atom. The molecule has 2 aromatic carbocycles. The molecule has 2 N–H and O–H groups in total. The maximum Gasteiger partial charge on any atom is 0.137 e. The minimum Gasteiger partial charge on any atom is -0.382 e. The number of fused-ring (bicyclic) bond motifs is 1. The molecule has 5 heterocycles. The number of nitrogens with zero attached hydrogens (tertiary/aromatic N) is 7. The van der Waals surface area contributed by atoms with Crippen LogP contribution in [0.15, 0.2) is 98.0 Å². The molecule has 1 atom stereocenters. The Labute approximate surface area is 269 Å². The molecule has 7 rings (SSSR count). The molecular formula is C35H33F3N8O. The quantitative estimate of drug-likeness (QED) is 0.213. The number of hydrogen-bond acceptors (Lipinski definition) is 7. The lowest BCUT2D eigenvalue weighted by Gasteiger charge is -2.38. The fraction of sp³-hybridized carbons (Fsp3) is 0.257. The molecule has 240 valence electrons. The van der Waals surface area contributed by atoms with Crippen molar-refractivity contribution >= 4 is 5.52 Å². The summed E-state index contributed by atoms with van der Waals surface area (Å²) in [4.78, 5) is 10.2. The van der Waals surface area contributed by atoms with Crippen LogP contribution >= 0.6 is 0 Å². The fourth-order valence-corrected chi connectivity index (χ4v) is 6.41. The van der Waals surface area contributed by atoms with E-state index >= 15 is 0 Å². The molecule has 1 aliphatic rings. The van der Waals surface area contributed by atoms with Gasteiger partial charge in [0.1, 0.15) is 41.4 Å². The molecular weight excluding hydrogens is 605 g/mol. The van der Waals surface area contributed by atoms with Gasteiger partial charge < -0.3 is 10.4 Å². The summed E-state index contributed by atoms with van der Waals surface area (Å²) in [6.07, 6.45) is 9.98. The first-order chi connectivity index (χ1) is 22.8. The van der Waals surface area contributed by atoms with Gasteiger partial charge in [-0.05, 0) is 85.6 Å². The number of likely N-dealkylation sites (tertiary alicyclic amines) is 1. The van der Waals surface area contributed by atoms with Crippen LogP contribution in [0, 0.1) is 17.5 Å². The van der Waals surface area contributed by atoms with E-state index in [2.05, 4.69) is 37.4 Å². The van der Waals surface area contributed by atoms with E-state index in [-0.39, 0.29) is 30.5 Å². The Morgan fingerprint density at radius 1 is 0.851 bits per heavy atom. The van der Waals surface area contributed by atoms with Crippen molar-refractivity contribution in [1.82, 2.24) is 39.6 Å². The first kappa shape index (κ1) is 30.7. The second-order valence-corrected chi connectivity index (χ2v) is 12.0. The third-order valence-electron chi connectivity index (χ3n) is 8.77. The summed E-state index contributed by atoms with van der Waals surface area (Å²) in [6, 6.07) is 17.9. The minimum absolute atomic E-state index is 0.0185. The lowest BCUT2D eigenvalue weighted by Crippen LogP contribution is -2.49. The molecule has 1 saturated heterocycles. The predicted octanol–water partition coefficient (Wildman–Crippen LogP) is 5.21. The smallest absolute Gasteiger partial charge is 0.137 e. The zero-order valence-corrected chi connectivity index (χ0v) is 25.5. The SMILES string of the molecule is OC(CN1CCC(NCc2ccc3c(-c4ccncc4)c(-c4ccc(F)cc4)nn3c2)CC1)(Cn1cncn1)c1ccc(F)cc1F. The van der Waals surface area contributed by atoms with Gasteiger partial charge >= 0.3 is 0 Å². The average molecular weight is 639 g/mol. The van der Waals surface area contributed by atoms with Crippen LogP contribution in [-0.2, 0) is 18.7 Å². The first-order valence-electron chi connectivity index (χ1n) is 15.5. The third-order valence-corrected chi connectivity index (χ3v) is 8.77. The Hall–Kier alpha value is -4.91. The number of benzene rings is 2. The van der Waals surface area contributed by atoms with Crippen molar-refractivity contribution in [2.24, 2.45) is 0 Å². The highest BCUT2D eigenvalue weighted by atomic mass is 19.1. The zero-order chi connectivity index (χ0) is 32.4. The standard InChI is InChI=1S/C35H33F3N8O/c36-27-4-2-26(3-5-27)34-33(25-9-13-39-14-10-25)32-8-1-24(19-46(32)43-34)18-41-29-11-15-44(16-12-29)20-35(47,21-45-23-40-22-42-45)30-7-6-28(37)17-31(30)38/h1-10,13-14,17,19,22-23,29,41,47H,11-12,15-16,18,20-21H2. The van der Waals surface area contributed by atoms with Crippen LogP contribution in [0.2, 0.25) is 0 Å². The van der Waals surface area contributed by atoms with E-state index in [1.54, 1.807) is 24.5 Å². The Morgan fingerprint density at radius 2 is 1.62 bits per heavy atom. The number of halogens is 3. The van der Waals surface area contributed by atoms with Crippen molar-refractivity contribution in [1.29, 1.82) is 0 Å². The summed E-state index contributed by atoms with van der Waals surface area (Å²) in [6.45, 7) is 2.15. The van der Waals surface area contributed by atoms with Crippen molar-refractivity contribution in [3.8, 4) is 22.4 Å². The summed E-state index contributed by atoms with van der Waals surface area (Å²) in [7, 11) is 0. The number of hydrogen-bond donors (Lipinski definition) is 2. The Balaban J connectivity index is 1.03. The van der Waals surface area contributed by atoms with E-state index in [1.807, 2.05) is 22.8 Å². The van der Waals surface area contributed by atoms with E-state index in [0.29, 0.717) is 19.6 Å². The maximum absolute atomic E-state index is 14.9. The number of piperidine rings is 1. The molecule has 6 aromatic rings. The van der Waals surface area contributed by atoms with E-state index in [0.717, 1.165) is 58.4 Å². The lowest BCUT2D eigenvalue weighted by molar-refractivity contribution is -0.0272. The highest BCUT2D eigenvalue weighted by Crippen LogP contribution is 2.35. The van der Waals surface area contributed by atoms with E-state index in [9.17, 15) is 18.3 Å². The molecule has 1 unspecified atom stereocenters. The predicted molar refractivity (Wildman–Crippen MR) is 170 cm³/mol. The summed E-state index contributed by atoms with van der Waals surface area (Å²) >= 11 is 0. The fourth-order valence-electron chi connectivity index (χ4n) is 6.41. The van der Waals surface area contributed by atoms with Crippen LogP contribution in [-0.4, -0.2) is 65.0 Å². The van der Waals surface area contributed by atoms with E-state index in [4.69, 9.17) is 5.10 Å². The van der Waals surface area contributed by atoms with Gasteiger partial charge in [-0.1, -0.05) is 12.1 Å². The Kier molecular flexibility index (Phi) is 8.54. The molecule has 0 saturated carbocycles. The van der Waals surface area contributed by atoms with Crippen LogP contribution in [0.4, 0.5) is 13.2 Å². The van der Waals surface area contributed by atoms with Crippen LogP contribution in [0.25, 0.3) is 27.9 Å². The molecule has 0 bridgehead atoms. The second-order valence-electron chi connectivity index (χ2n) is 12.0. The average Bonchev–Trinajstić information content (AvgIpc) is 3.72. The van der Waals surface area contributed by atoms with Gasteiger partial charge in [0.15, 0.2) is 0 Å². The Bertz CT molecular complexity index is 1960. The van der Waals surface area contributed by atoms with Gasteiger partial charge in [-0.3, -0.25) is 9.88 Å². The minimum atomic E-state index is -1.63. The maximum atomic E-state index is 14.9. The van der Waals surface area contributed by atoms with Gasteiger partial charge in [-0.2, -0.15) is 10.2 Å². The van der Waals surface area contributed by atoms with Gasteiger partial charge in [0.2, 0.25) is 0 Å². The number of nitrogens with one attached hydrogen (secondary N) is 1. The lowest BCUT2D eigenvalue weighted by atomic mass is 9.91. The molecule has 4 aromatic heterocycles. The van der Waals surface area contributed by atoms with Crippen LogP contribution in [0.1, 0.15) is 24.0 Å². The summed E-state index contributed by atoms with van der Waals surface area (Å²) in [5, 5.41) is 24.4. The molecule has 12 heteroatoms. The number of aliphatic hydroxyl groups is 1. The van der Waals surface area contributed by atoms with Crippen molar-refractivity contribution in [2.45, 2.75) is 37.6 Å². The van der Waals surface area contributed by atoms with Gasteiger partial charge in [-0.15, -0.1) is 0 Å². The molecule has 0 spiro atoms. The number of aromatic nitrogens is 6. The monoisotopic (exact) mass is 638 g/mol. The second kappa shape index (κ2) is 13.1. The van der Waals surface area contributed by atoms with Crippen LogP contribution in [0.5, 0.6) is 0 Å². The topological polar surface area (TPSA) is 96.4 Å². The van der Waals surface area contributed by atoms with Gasteiger partial charge in [0.25, 0.3) is 0 Å². The van der Waals surface area contributed by atoms with Gasteiger partial charge in [-0.25, -0.2) is 27.4 Å². The zero-order valence-electron chi connectivity index (χ0n) is 25.5. The molecule has 1 aliphatic heterocycles. The van der Waals surface area contributed by atoms with E-state index in [1.165, 1.54) is 35.5 Å². The normalized spacial score (nSPS) is 15.7. The highest BCUT2D eigenvalue weighted by Gasteiger charge is 2.36. The molecule has 0 aliphatic carbocycles. The molecule has 1 fully saturated rings. The largest absolute Gasteiger partial charge is 0.382 e. The summed E-state index contributed by atoms with van der Waals surface area (Å²) in [5.74, 6) is -1.79. The molecule has 0 radical (unpaired) electrons. The number of rotatable bonds is 10. The number of β-amino-alcohol motifs (C(OH)–C–C–N with tert-alkyl or cyclic N) is 1. The first-order valence-corrected chi connectivity index (χ1v) is 15.5. The number of pyridine rings is 2. The summed E-state index contributed by atoms with van der Waals surface area (Å²) in [5.41, 5.74) is 3.90. The molecule has 9 nitrogen and oxygen atoms in total. The van der Waals surface area contributed by atoms with Crippen LogP contribution in [0.3, 0.4) is 0 Å². The van der Waals surface area contributed by atoms with Crippen molar-refractivity contribution < 1.29 is 18.3 Å². The van der Waals surface area contributed by atoms with Crippen LogP contribution < -0.4 is 5.32 Å². The van der Waals surface area contributed by atoms with Gasteiger partial charge in [0, 0.05) is 60.5 Å².